The van der Waals surface area contributed by atoms with Crippen LogP contribution in [0, 0.1) is 12.3 Å². The fourth-order valence-electron chi connectivity index (χ4n) is 4.77. The zero-order valence-corrected chi connectivity index (χ0v) is 19.2. The van der Waals surface area contributed by atoms with E-state index >= 15 is 0 Å². The van der Waals surface area contributed by atoms with E-state index < -0.39 is 0 Å². The lowest BCUT2D eigenvalue weighted by molar-refractivity contribution is 0.102. The minimum absolute atomic E-state index is 0.0763. The van der Waals surface area contributed by atoms with Gasteiger partial charge in [-0.25, -0.2) is 9.29 Å². The van der Waals surface area contributed by atoms with Gasteiger partial charge in [0.25, 0.3) is 5.91 Å². The fourth-order valence-corrected chi connectivity index (χ4v) is 5.88. The summed E-state index contributed by atoms with van der Waals surface area (Å²) in [5.74, 6) is 0.748. The molecule has 1 aromatic carbocycles. The molecule has 3 heterocycles. The lowest BCUT2D eigenvalue weighted by Crippen LogP contribution is -2.36. The van der Waals surface area contributed by atoms with Crippen LogP contribution in [0.1, 0.15) is 60.9 Å². The van der Waals surface area contributed by atoms with Crippen molar-refractivity contribution in [2.45, 2.75) is 56.8 Å². The van der Waals surface area contributed by atoms with Gasteiger partial charge in [0.15, 0.2) is 0 Å². The molecule has 1 aliphatic carbocycles. The van der Waals surface area contributed by atoms with Gasteiger partial charge in [-0.1, -0.05) is 12.5 Å². The Morgan fingerprint density at radius 1 is 1.03 bits per heavy atom. The number of benzene rings is 1. The number of aromatic nitrogens is 1. The van der Waals surface area contributed by atoms with Gasteiger partial charge in [-0.3, -0.25) is 4.79 Å². The lowest BCUT2D eigenvalue weighted by atomic mass is 9.93. The van der Waals surface area contributed by atoms with Crippen molar-refractivity contribution < 1.29 is 4.79 Å². The first-order valence-corrected chi connectivity index (χ1v) is 12.4. The van der Waals surface area contributed by atoms with Gasteiger partial charge in [0, 0.05) is 43.0 Å². The Labute approximate surface area is 189 Å². The molecule has 31 heavy (non-hydrogen) atoms. The van der Waals surface area contributed by atoms with Gasteiger partial charge in [-0.15, -0.1) is 0 Å². The van der Waals surface area contributed by atoms with Crippen LogP contribution in [0.25, 0.3) is 0 Å². The monoisotopic (exact) mass is 436 g/mol. The highest BCUT2D eigenvalue weighted by molar-refractivity contribution is 7.97. The van der Waals surface area contributed by atoms with Crippen molar-refractivity contribution in [2.24, 2.45) is 5.41 Å². The topological polar surface area (TPSA) is 48.5 Å². The first-order valence-electron chi connectivity index (χ1n) is 11.7. The number of piperidine rings is 2. The molecule has 0 atom stereocenters. The normalized spacial score (nSPS) is 20.6. The van der Waals surface area contributed by atoms with Crippen molar-refractivity contribution in [3.8, 4) is 0 Å². The van der Waals surface area contributed by atoms with E-state index in [4.69, 9.17) is 0 Å². The Balaban J connectivity index is 1.29. The summed E-state index contributed by atoms with van der Waals surface area (Å²) in [5, 5.41) is 3.13. The number of nitrogens with one attached hydrogen (secondary N) is 1. The molecule has 6 heteroatoms. The van der Waals surface area contributed by atoms with E-state index in [1.54, 1.807) is 6.20 Å². The predicted molar refractivity (Wildman–Crippen MR) is 128 cm³/mol. The third kappa shape index (κ3) is 4.75. The highest BCUT2D eigenvalue weighted by Crippen LogP contribution is 2.53. The average molecular weight is 437 g/mol. The van der Waals surface area contributed by atoms with Gasteiger partial charge >= 0.3 is 0 Å². The zero-order valence-electron chi connectivity index (χ0n) is 18.4. The van der Waals surface area contributed by atoms with E-state index in [0.717, 1.165) is 37.7 Å². The molecule has 1 N–H and O–H groups in total. The second kappa shape index (κ2) is 8.83. The first kappa shape index (κ1) is 20.8. The molecule has 1 saturated carbocycles. The van der Waals surface area contributed by atoms with Crippen LogP contribution in [0.3, 0.4) is 0 Å². The molecule has 1 spiro atoms. The molecule has 0 bridgehead atoms. The zero-order chi connectivity index (χ0) is 21.3. The van der Waals surface area contributed by atoms with E-state index in [1.165, 1.54) is 55.4 Å². The molecule has 5 rings (SSSR count). The van der Waals surface area contributed by atoms with E-state index in [-0.39, 0.29) is 5.91 Å². The van der Waals surface area contributed by atoms with E-state index in [1.807, 2.05) is 30.1 Å². The van der Waals surface area contributed by atoms with Crippen LogP contribution >= 0.6 is 11.9 Å². The van der Waals surface area contributed by atoms with Crippen LogP contribution < -0.4 is 10.2 Å². The number of aryl methyl sites for hydroxylation is 1. The molecule has 1 amide bonds. The number of amides is 1. The number of hydrogen-bond acceptors (Lipinski definition) is 5. The van der Waals surface area contributed by atoms with Crippen molar-refractivity contribution in [3.05, 3.63) is 47.7 Å². The molecular formula is C25H32N4OS. The summed E-state index contributed by atoms with van der Waals surface area (Å²) in [5.41, 5.74) is 3.37. The van der Waals surface area contributed by atoms with Crippen LogP contribution in [-0.4, -0.2) is 41.4 Å². The first-order chi connectivity index (χ1) is 15.1. The predicted octanol–water partition coefficient (Wildman–Crippen LogP) is 5.52. The van der Waals surface area contributed by atoms with Crippen molar-refractivity contribution >= 4 is 29.4 Å². The fraction of sp³-hybridized carbons (Fsp3) is 0.520. The Kier molecular flexibility index (Phi) is 5.93. The summed E-state index contributed by atoms with van der Waals surface area (Å²) in [6, 6.07) is 9.97. The average Bonchev–Trinajstić information content (AvgIpc) is 3.56. The quantitative estimate of drug-likeness (QED) is 0.626. The van der Waals surface area contributed by atoms with Gasteiger partial charge in [0.05, 0.1) is 5.56 Å². The van der Waals surface area contributed by atoms with Crippen LogP contribution in [0.5, 0.6) is 0 Å². The summed E-state index contributed by atoms with van der Waals surface area (Å²) in [7, 11) is 0. The van der Waals surface area contributed by atoms with Crippen LogP contribution in [0.15, 0.2) is 41.4 Å². The Morgan fingerprint density at radius 3 is 2.55 bits per heavy atom. The molecule has 0 unspecified atom stereocenters. The van der Waals surface area contributed by atoms with Crippen molar-refractivity contribution in [2.75, 3.05) is 36.4 Å². The van der Waals surface area contributed by atoms with Crippen LogP contribution in [0.2, 0.25) is 0 Å². The molecule has 3 fully saturated rings. The van der Waals surface area contributed by atoms with Crippen LogP contribution in [-0.2, 0) is 0 Å². The number of carbonyl (C=O) groups excluding carboxylic acids is 1. The molecule has 2 saturated heterocycles. The largest absolute Gasteiger partial charge is 0.356 e. The number of pyridine rings is 1. The van der Waals surface area contributed by atoms with Gasteiger partial charge in [0.2, 0.25) is 0 Å². The summed E-state index contributed by atoms with van der Waals surface area (Å²) >= 11 is 1.82. The molecular weight excluding hydrogens is 404 g/mol. The van der Waals surface area contributed by atoms with Crippen molar-refractivity contribution in [1.29, 1.82) is 0 Å². The molecule has 5 nitrogen and oxygen atoms in total. The summed E-state index contributed by atoms with van der Waals surface area (Å²) < 4.78 is 2.44. The molecule has 3 aliphatic rings. The van der Waals surface area contributed by atoms with Crippen LogP contribution in [0.4, 0.5) is 11.5 Å². The summed E-state index contributed by atoms with van der Waals surface area (Å²) in [6.45, 7) is 6.41. The summed E-state index contributed by atoms with van der Waals surface area (Å²) in [6.07, 6.45) is 10.9. The number of anilines is 2. The van der Waals surface area contributed by atoms with Gasteiger partial charge in [-0.2, -0.15) is 0 Å². The van der Waals surface area contributed by atoms with Gasteiger partial charge < -0.3 is 10.2 Å². The standard InChI is InChI=1S/C25H32N4OS/c1-19-7-8-20(18-22(19)31-29-14-3-2-4-15-29)27-24(30)21-6-5-13-26-23(21)28-16-11-25(9-10-25)12-17-28/h5-8,13,18H,2-4,9-12,14-17H2,1H3,(H,27,30). The number of hydrogen-bond donors (Lipinski definition) is 1. The maximum Gasteiger partial charge on any atom is 0.259 e. The smallest absolute Gasteiger partial charge is 0.259 e. The maximum atomic E-state index is 13.2. The van der Waals surface area contributed by atoms with Crippen molar-refractivity contribution in [1.82, 2.24) is 9.29 Å². The second-order valence-electron chi connectivity index (χ2n) is 9.38. The third-order valence-electron chi connectivity index (χ3n) is 7.10. The Bertz CT molecular complexity index is 942. The number of nitrogens with zero attached hydrogens (tertiary/aromatic N) is 3. The molecule has 2 aliphatic heterocycles. The van der Waals surface area contributed by atoms with Gasteiger partial charge in [0.1, 0.15) is 5.82 Å². The minimum Gasteiger partial charge on any atom is -0.356 e. The van der Waals surface area contributed by atoms with E-state index in [2.05, 4.69) is 38.6 Å². The number of rotatable bonds is 5. The Morgan fingerprint density at radius 2 is 1.81 bits per heavy atom. The second-order valence-corrected chi connectivity index (χ2v) is 10.5. The maximum absolute atomic E-state index is 13.2. The molecule has 1 aromatic heterocycles. The minimum atomic E-state index is -0.0763. The van der Waals surface area contributed by atoms with E-state index in [9.17, 15) is 4.79 Å². The van der Waals surface area contributed by atoms with E-state index in [0.29, 0.717) is 11.0 Å². The lowest BCUT2D eigenvalue weighted by Gasteiger charge is -2.33. The number of carbonyl (C=O) groups is 1. The Hall–Kier alpha value is -2.05. The molecule has 0 radical (unpaired) electrons. The highest BCUT2D eigenvalue weighted by Gasteiger charge is 2.44. The molecule has 164 valence electrons. The SMILES string of the molecule is Cc1ccc(NC(=O)c2cccnc2N2CCC3(CC2)CC3)cc1SN1CCCCC1. The summed E-state index contributed by atoms with van der Waals surface area (Å²) in [4.78, 5) is 21.3. The third-order valence-corrected chi connectivity index (χ3v) is 8.36. The van der Waals surface area contributed by atoms with Gasteiger partial charge in [-0.05, 0) is 92.6 Å². The molecule has 2 aromatic rings. The highest BCUT2D eigenvalue weighted by atomic mass is 32.2. The van der Waals surface area contributed by atoms with Crippen molar-refractivity contribution in [3.63, 3.8) is 0 Å².